The Morgan fingerprint density at radius 1 is 1.11 bits per heavy atom. The normalized spacial score (nSPS) is 13.0. The SMILES string of the molecule is CCNC(=NCC(O)c1ccc(F)cc1)NCCCN(C(C)C)C(C)C.I. The largest absolute Gasteiger partial charge is 0.386 e. The highest BCUT2D eigenvalue weighted by atomic mass is 127. The highest BCUT2D eigenvalue weighted by molar-refractivity contribution is 14.0. The molecule has 0 aliphatic rings. The molecule has 1 rings (SSSR count). The maximum absolute atomic E-state index is 13.0. The molecular weight excluding hydrogens is 458 g/mol. The first-order valence-corrected chi connectivity index (χ1v) is 9.56. The molecule has 1 unspecified atom stereocenters. The summed E-state index contributed by atoms with van der Waals surface area (Å²) in [4.78, 5) is 6.90. The number of hydrogen-bond acceptors (Lipinski definition) is 3. The van der Waals surface area contributed by atoms with Gasteiger partial charge < -0.3 is 15.7 Å². The van der Waals surface area contributed by atoms with Crippen LogP contribution in [0.2, 0.25) is 0 Å². The molecule has 1 atom stereocenters. The highest BCUT2D eigenvalue weighted by Crippen LogP contribution is 2.13. The van der Waals surface area contributed by atoms with E-state index in [2.05, 4.69) is 48.2 Å². The topological polar surface area (TPSA) is 59.9 Å². The van der Waals surface area contributed by atoms with Gasteiger partial charge in [-0.15, -0.1) is 24.0 Å². The van der Waals surface area contributed by atoms with E-state index in [1.54, 1.807) is 12.1 Å². The van der Waals surface area contributed by atoms with Gasteiger partial charge in [0.25, 0.3) is 0 Å². The molecule has 0 saturated heterocycles. The Labute approximate surface area is 180 Å². The first-order valence-electron chi connectivity index (χ1n) is 9.56. The Kier molecular flexibility index (Phi) is 13.6. The fraction of sp³-hybridized carbons (Fsp3) is 0.650. The van der Waals surface area contributed by atoms with Gasteiger partial charge in [0.1, 0.15) is 5.82 Å². The molecule has 0 radical (unpaired) electrons. The van der Waals surface area contributed by atoms with Crippen molar-refractivity contribution in [2.45, 2.75) is 59.2 Å². The van der Waals surface area contributed by atoms with Crippen molar-refractivity contribution in [3.8, 4) is 0 Å². The molecule has 27 heavy (non-hydrogen) atoms. The summed E-state index contributed by atoms with van der Waals surface area (Å²) in [5.41, 5.74) is 0.663. The average Bonchev–Trinajstić information content (AvgIpc) is 2.59. The first-order chi connectivity index (χ1) is 12.3. The van der Waals surface area contributed by atoms with Crippen molar-refractivity contribution in [2.24, 2.45) is 4.99 Å². The summed E-state index contributed by atoms with van der Waals surface area (Å²) >= 11 is 0. The smallest absolute Gasteiger partial charge is 0.191 e. The van der Waals surface area contributed by atoms with Crippen molar-refractivity contribution in [1.82, 2.24) is 15.5 Å². The zero-order valence-corrected chi connectivity index (χ0v) is 19.5. The van der Waals surface area contributed by atoms with Crippen molar-refractivity contribution in [3.05, 3.63) is 35.6 Å². The van der Waals surface area contributed by atoms with E-state index >= 15 is 0 Å². The zero-order chi connectivity index (χ0) is 19.5. The van der Waals surface area contributed by atoms with Gasteiger partial charge in [0, 0.05) is 31.7 Å². The molecule has 3 N–H and O–H groups in total. The van der Waals surface area contributed by atoms with Gasteiger partial charge in [0.2, 0.25) is 0 Å². The average molecular weight is 494 g/mol. The fourth-order valence-corrected chi connectivity index (χ4v) is 2.89. The monoisotopic (exact) mass is 494 g/mol. The Morgan fingerprint density at radius 2 is 1.70 bits per heavy atom. The number of guanidine groups is 1. The van der Waals surface area contributed by atoms with Crippen molar-refractivity contribution in [3.63, 3.8) is 0 Å². The van der Waals surface area contributed by atoms with Gasteiger partial charge >= 0.3 is 0 Å². The molecule has 0 amide bonds. The number of aliphatic hydroxyl groups is 1. The zero-order valence-electron chi connectivity index (χ0n) is 17.2. The van der Waals surface area contributed by atoms with Crippen LogP contribution in [0.15, 0.2) is 29.3 Å². The number of halogens is 2. The van der Waals surface area contributed by atoms with E-state index in [1.807, 2.05) is 6.92 Å². The van der Waals surface area contributed by atoms with Crippen LogP contribution >= 0.6 is 24.0 Å². The van der Waals surface area contributed by atoms with Gasteiger partial charge in [-0.25, -0.2) is 4.39 Å². The van der Waals surface area contributed by atoms with Crippen LogP contribution in [-0.4, -0.2) is 54.2 Å². The van der Waals surface area contributed by atoms with Crippen molar-refractivity contribution in [2.75, 3.05) is 26.2 Å². The van der Waals surface area contributed by atoms with Crippen molar-refractivity contribution >= 4 is 29.9 Å². The van der Waals surface area contributed by atoms with E-state index in [1.165, 1.54) is 12.1 Å². The molecule has 0 bridgehead atoms. The highest BCUT2D eigenvalue weighted by Gasteiger charge is 2.12. The lowest BCUT2D eigenvalue weighted by atomic mass is 10.1. The van der Waals surface area contributed by atoms with E-state index < -0.39 is 6.10 Å². The van der Waals surface area contributed by atoms with Gasteiger partial charge in [-0.1, -0.05) is 12.1 Å². The van der Waals surface area contributed by atoms with E-state index in [-0.39, 0.29) is 36.3 Å². The van der Waals surface area contributed by atoms with Crippen LogP contribution in [0.5, 0.6) is 0 Å². The van der Waals surface area contributed by atoms with Crippen molar-refractivity contribution < 1.29 is 9.50 Å². The molecule has 0 aliphatic heterocycles. The lowest BCUT2D eigenvalue weighted by Crippen LogP contribution is -2.41. The van der Waals surface area contributed by atoms with Gasteiger partial charge in [0.05, 0.1) is 12.6 Å². The molecule has 0 aromatic heterocycles. The number of benzene rings is 1. The summed E-state index contributed by atoms with van der Waals surface area (Å²) < 4.78 is 13.0. The Hall–Kier alpha value is -0.930. The molecule has 0 spiro atoms. The summed E-state index contributed by atoms with van der Waals surface area (Å²) in [6.07, 6.45) is 0.268. The molecule has 1 aromatic carbocycles. The molecule has 0 saturated carbocycles. The van der Waals surface area contributed by atoms with Crippen molar-refractivity contribution in [1.29, 1.82) is 0 Å². The predicted molar refractivity (Wildman–Crippen MR) is 122 cm³/mol. The van der Waals surface area contributed by atoms with Crippen LogP contribution in [0.25, 0.3) is 0 Å². The first kappa shape index (κ1) is 26.1. The molecule has 0 fully saturated rings. The van der Waals surface area contributed by atoms with Crippen LogP contribution in [0.1, 0.15) is 52.7 Å². The minimum absolute atomic E-state index is 0. The molecule has 5 nitrogen and oxygen atoms in total. The Bertz CT molecular complexity index is 529. The number of hydrogen-bond donors (Lipinski definition) is 3. The lowest BCUT2D eigenvalue weighted by molar-refractivity contribution is 0.173. The second-order valence-corrected chi connectivity index (χ2v) is 6.99. The minimum atomic E-state index is -0.747. The van der Waals surface area contributed by atoms with Crippen LogP contribution < -0.4 is 10.6 Å². The van der Waals surface area contributed by atoms with E-state index in [9.17, 15) is 9.50 Å². The Morgan fingerprint density at radius 3 is 2.22 bits per heavy atom. The molecular formula is C20H36FIN4O. The van der Waals surface area contributed by atoms with Gasteiger partial charge in [-0.3, -0.25) is 9.89 Å². The summed E-state index contributed by atoms with van der Waals surface area (Å²) in [5, 5.41) is 16.7. The van der Waals surface area contributed by atoms with E-state index in [4.69, 9.17) is 0 Å². The third-order valence-corrected chi connectivity index (χ3v) is 4.23. The van der Waals surface area contributed by atoms with Crippen LogP contribution in [0, 0.1) is 5.82 Å². The second-order valence-electron chi connectivity index (χ2n) is 6.99. The second kappa shape index (κ2) is 14.1. The third kappa shape index (κ3) is 10.3. The third-order valence-electron chi connectivity index (χ3n) is 4.23. The number of nitrogens with zero attached hydrogens (tertiary/aromatic N) is 2. The van der Waals surface area contributed by atoms with Crippen LogP contribution in [-0.2, 0) is 0 Å². The molecule has 7 heteroatoms. The summed E-state index contributed by atoms with van der Waals surface area (Å²) in [6, 6.07) is 6.93. The lowest BCUT2D eigenvalue weighted by Gasteiger charge is -2.30. The van der Waals surface area contributed by atoms with E-state index in [0.29, 0.717) is 23.6 Å². The quantitative estimate of drug-likeness (QED) is 0.202. The summed E-state index contributed by atoms with van der Waals surface area (Å²) in [6.45, 7) is 13.7. The Balaban J connectivity index is 0.00000676. The van der Waals surface area contributed by atoms with Gasteiger partial charge in [-0.2, -0.15) is 0 Å². The molecule has 1 aromatic rings. The standard InChI is InChI=1S/C20H35FN4O.HI/c1-6-22-20(23-12-7-13-25(15(2)3)16(4)5)24-14-19(26)17-8-10-18(21)11-9-17;/h8-11,15-16,19,26H,6-7,12-14H2,1-5H3,(H2,22,23,24);1H. The van der Waals surface area contributed by atoms with Gasteiger partial charge in [-0.05, 0) is 58.7 Å². The predicted octanol–water partition coefficient (Wildman–Crippen LogP) is 3.54. The molecule has 0 heterocycles. The summed E-state index contributed by atoms with van der Waals surface area (Å²) in [7, 11) is 0. The maximum atomic E-state index is 13.0. The summed E-state index contributed by atoms with van der Waals surface area (Å²) in [5.74, 6) is 0.380. The van der Waals surface area contributed by atoms with Crippen LogP contribution in [0.4, 0.5) is 4.39 Å². The minimum Gasteiger partial charge on any atom is -0.386 e. The number of aliphatic imine (C=N–C) groups is 1. The fourth-order valence-electron chi connectivity index (χ4n) is 2.89. The number of aliphatic hydroxyl groups excluding tert-OH is 1. The maximum Gasteiger partial charge on any atom is 0.191 e. The van der Waals surface area contributed by atoms with E-state index in [0.717, 1.165) is 26.1 Å². The van der Waals surface area contributed by atoms with Crippen LogP contribution in [0.3, 0.4) is 0 Å². The number of rotatable bonds is 10. The van der Waals surface area contributed by atoms with Gasteiger partial charge in [0.15, 0.2) is 5.96 Å². The number of nitrogens with one attached hydrogen (secondary N) is 2. The molecule has 156 valence electrons. The molecule has 0 aliphatic carbocycles.